The number of hydrogen-bond acceptors (Lipinski definition) is 2. The summed E-state index contributed by atoms with van der Waals surface area (Å²) in [7, 11) is 0. The zero-order valence-electron chi connectivity index (χ0n) is 12.5. The first-order valence-electron chi connectivity index (χ1n) is 7.65. The molecule has 0 radical (unpaired) electrons. The van der Waals surface area contributed by atoms with E-state index < -0.39 is 0 Å². The van der Waals surface area contributed by atoms with Gasteiger partial charge in [0.1, 0.15) is 5.75 Å². The van der Waals surface area contributed by atoms with E-state index in [2.05, 4.69) is 50.4 Å². The Morgan fingerprint density at radius 3 is 2.32 bits per heavy atom. The lowest BCUT2D eigenvalue weighted by Crippen LogP contribution is -2.35. The molecular weight excluding hydrogens is 234 g/mol. The van der Waals surface area contributed by atoms with Gasteiger partial charge in [-0.1, -0.05) is 25.0 Å². The molecule has 0 heterocycles. The normalized spacial score (nSPS) is 17.9. The first-order valence-corrected chi connectivity index (χ1v) is 7.65. The second-order valence-electron chi connectivity index (χ2n) is 6.06. The third kappa shape index (κ3) is 4.87. The Morgan fingerprint density at radius 2 is 1.74 bits per heavy atom. The molecule has 1 aromatic carbocycles. The summed E-state index contributed by atoms with van der Waals surface area (Å²) < 4.78 is 5.67. The second-order valence-corrected chi connectivity index (χ2v) is 6.06. The van der Waals surface area contributed by atoms with Crippen LogP contribution >= 0.6 is 0 Å². The highest BCUT2D eigenvalue weighted by Gasteiger charge is 2.16. The minimum atomic E-state index is 0.244. The first-order chi connectivity index (χ1) is 9.13. The maximum Gasteiger partial charge on any atom is 0.119 e. The van der Waals surface area contributed by atoms with E-state index in [1.807, 2.05) is 0 Å². The highest BCUT2D eigenvalue weighted by molar-refractivity contribution is 5.27. The van der Waals surface area contributed by atoms with E-state index in [-0.39, 0.29) is 6.10 Å². The molecule has 0 amide bonds. The van der Waals surface area contributed by atoms with E-state index in [0.29, 0.717) is 6.04 Å². The maximum absolute atomic E-state index is 5.67. The number of rotatable bonds is 6. The largest absolute Gasteiger partial charge is 0.491 e. The summed E-state index contributed by atoms with van der Waals surface area (Å²) >= 11 is 0. The molecule has 19 heavy (non-hydrogen) atoms. The van der Waals surface area contributed by atoms with E-state index in [9.17, 15) is 0 Å². The Kier molecular flexibility index (Phi) is 5.26. The molecule has 0 spiro atoms. The lowest BCUT2D eigenvalue weighted by molar-refractivity contribution is 0.242. The van der Waals surface area contributed by atoms with Crippen LogP contribution in [0.4, 0.5) is 0 Å². The molecule has 0 saturated heterocycles. The predicted molar refractivity (Wildman–Crippen MR) is 80.8 cm³/mol. The quantitative estimate of drug-likeness (QED) is 0.837. The third-order valence-electron chi connectivity index (χ3n) is 3.71. The summed E-state index contributed by atoms with van der Waals surface area (Å²) in [5, 5.41) is 3.74. The van der Waals surface area contributed by atoms with E-state index in [4.69, 9.17) is 4.74 Å². The number of nitrogens with one attached hydrogen (secondary N) is 1. The van der Waals surface area contributed by atoms with Crippen molar-refractivity contribution in [3.05, 3.63) is 29.8 Å². The molecule has 106 valence electrons. The summed E-state index contributed by atoms with van der Waals surface area (Å²) in [6, 6.07) is 9.84. The van der Waals surface area contributed by atoms with Crippen LogP contribution in [0.5, 0.6) is 5.75 Å². The Bertz CT molecular complexity index is 365. The molecule has 0 bridgehead atoms. The van der Waals surface area contributed by atoms with Crippen molar-refractivity contribution in [2.75, 3.05) is 0 Å². The van der Waals surface area contributed by atoms with Gasteiger partial charge in [-0.3, -0.25) is 0 Å². The fraction of sp³-hybridized carbons (Fsp3) is 0.647. The van der Waals surface area contributed by atoms with Crippen molar-refractivity contribution in [3.8, 4) is 5.75 Å². The van der Waals surface area contributed by atoms with E-state index in [0.717, 1.165) is 18.2 Å². The van der Waals surface area contributed by atoms with Crippen LogP contribution in [0.3, 0.4) is 0 Å². The number of benzene rings is 1. The molecule has 1 saturated carbocycles. The Balaban J connectivity index is 1.81. The van der Waals surface area contributed by atoms with Crippen LogP contribution in [-0.4, -0.2) is 18.2 Å². The van der Waals surface area contributed by atoms with E-state index >= 15 is 0 Å². The first kappa shape index (κ1) is 14.4. The standard InChI is InChI=1S/C17H27NO/c1-13(2)19-17-10-8-15(9-11-17)12-14(3)18-16-6-4-5-7-16/h8-11,13-14,16,18H,4-7,12H2,1-3H3. The van der Waals surface area contributed by atoms with E-state index in [1.165, 1.54) is 31.2 Å². The third-order valence-corrected chi connectivity index (χ3v) is 3.71. The average molecular weight is 261 g/mol. The van der Waals surface area contributed by atoms with Crippen LogP contribution in [0.15, 0.2) is 24.3 Å². The topological polar surface area (TPSA) is 21.3 Å². The summed E-state index contributed by atoms with van der Waals surface area (Å²) in [6.07, 6.45) is 6.83. The van der Waals surface area contributed by atoms with Crippen molar-refractivity contribution in [3.63, 3.8) is 0 Å². The van der Waals surface area contributed by atoms with Gasteiger partial charge in [0, 0.05) is 12.1 Å². The van der Waals surface area contributed by atoms with Crippen molar-refractivity contribution in [1.82, 2.24) is 5.32 Å². The molecule has 1 N–H and O–H groups in total. The summed E-state index contributed by atoms with van der Waals surface area (Å²) in [5.41, 5.74) is 1.38. The monoisotopic (exact) mass is 261 g/mol. The molecule has 2 rings (SSSR count). The van der Waals surface area contributed by atoms with Gasteiger partial charge in [0.05, 0.1) is 6.10 Å². The van der Waals surface area contributed by atoms with Gasteiger partial charge in [-0.2, -0.15) is 0 Å². The second kappa shape index (κ2) is 6.95. The predicted octanol–water partition coefficient (Wildman–Crippen LogP) is 3.94. The fourth-order valence-electron chi connectivity index (χ4n) is 2.88. The molecule has 0 aliphatic heterocycles. The molecule has 1 atom stereocenters. The maximum atomic E-state index is 5.67. The highest BCUT2D eigenvalue weighted by atomic mass is 16.5. The van der Waals surface area contributed by atoms with Crippen LogP contribution < -0.4 is 10.1 Å². The van der Waals surface area contributed by atoms with Gasteiger partial charge >= 0.3 is 0 Å². The Hall–Kier alpha value is -1.02. The zero-order chi connectivity index (χ0) is 13.7. The van der Waals surface area contributed by atoms with Gasteiger partial charge in [-0.15, -0.1) is 0 Å². The van der Waals surface area contributed by atoms with Gasteiger partial charge in [-0.05, 0) is 57.7 Å². The van der Waals surface area contributed by atoms with Gasteiger partial charge in [-0.25, -0.2) is 0 Å². The molecule has 0 aromatic heterocycles. The van der Waals surface area contributed by atoms with Crippen molar-refractivity contribution >= 4 is 0 Å². The molecule has 1 unspecified atom stereocenters. The molecule has 2 nitrogen and oxygen atoms in total. The minimum Gasteiger partial charge on any atom is -0.491 e. The number of ether oxygens (including phenoxy) is 1. The van der Waals surface area contributed by atoms with Gasteiger partial charge in [0.2, 0.25) is 0 Å². The van der Waals surface area contributed by atoms with Crippen LogP contribution in [0.25, 0.3) is 0 Å². The van der Waals surface area contributed by atoms with Gasteiger partial charge < -0.3 is 10.1 Å². The molecule has 1 fully saturated rings. The summed E-state index contributed by atoms with van der Waals surface area (Å²) in [4.78, 5) is 0. The minimum absolute atomic E-state index is 0.244. The van der Waals surface area contributed by atoms with Crippen LogP contribution in [0.2, 0.25) is 0 Å². The molecule has 1 aliphatic rings. The van der Waals surface area contributed by atoms with E-state index in [1.54, 1.807) is 0 Å². The molecule has 2 heteroatoms. The van der Waals surface area contributed by atoms with Gasteiger partial charge in [0.15, 0.2) is 0 Å². The Morgan fingerprint density at radius 1 is 1.11 bits per heavy atom. The number of hydrogen-bond donors (Lipinski definition) is 1. The Labute approximate surface area is 117 Å². The molecule has 1 aliphatic carbocycles. The average Bonchev–Trinajstić information content (AvgIpc) is 2.83. The van der Waals surface area contributed by atoms with Crippen molar-refractivity contribution < 1.29 is 4.74 Å². The van der Waals surface area contributed by atoms with Crippen molar-refractivity contribution in [2.45, 2.75) is 71.1 Å². The fourth-order valence-corrected chi connectivity index (χ4v) is 2.88. The lowest BCUT2D eigenvalue weighted by Gasteiger charge is -2.19. The van der Waals surface area contributed by atoms with Crippen molar-refractivity contribution in [2.24, 2.45) is 0 Å². The molecular formula is C17H27NO. The van der Waals surface area contributed by atoms with Crippen molar-refractivity contribution in [1.29, 1.82) is 0 Å². The molecule has 1 aromatic rings. The summed E-state index contributed by atoms with van der Waals surface area (Å²) in [6.45, 7) is 6.40. The van der Waals surface area contributed by atoms with Gasteiger partial charge in [0.25, 0.3) is 0 Å². The van der Waals surface area contributed by atoms with Crippen LogP contribution in [0.1, 0.15) is 52.0 Å². The van der Waals surface area contributed by atoms with Crippen LogP contribution in [0, 0.1) is 0 Å². The van der Waals surface area contributed by atoms with Crippen LogP contribution in [-0.2, 0) is 6.42 Å². The smallest absolute Gasteiger partial charge is 0.119 e. The lowest BCUT2D eigenvalue weighted by atomic mass is 10.1. The summed E-state index contributed by atoms with van der Waals surface area (Å²) in [5.74, 6) is 0.968. The SMILES string of the molecule is CC(Cc1ccc(OC(C)C)cc1)NC1CCCC1. The zero-order valence-corrected chi connectivity index (χ0v) is 12.5. The highest BCUT2D eigenvalue weighted by Crippen LogP contribution is 2.19.